The van der Waals surface area contributed by atoms with Crippen LogP contribution in [0.3, 0.4) is 0 Å². The van der Waals surface area contributed by atoms with Gasteiger partial charge in [-0.25, -0.2) is 4.98 Å². The van der Waals surface area contributed by atoms with E-state index >= 15 is 0 Å². The summed E-state index contributed by atoms with van der Waals surface area (Å²) in [6, 6.07) is 1.88. The Labute approximate surface area is 121 Å². The first-order valence-electron chi connectivity index (χ1n) is 8.23. The van der Waals surface area contributed by atoms with Gasteiger partial charge in [0.2, 0.25) is 0 Å². The summed E-state index contributed by atoms with van der Waals surface area (Å²) >= 11 is 0. The van der Waals surface area contributed by atoms with Crippen molar-refractivity contribution in [1.82, 2.24) is 14.9 Å². The van der Waals surface area contributed by atoms with E-state index in [-0.39, 0.29) is 0 Å². The molecule has 3 nitrogen and oxygen atoms in total. The van der Waals surface area contributed by atoms with Crippen molar-refractivity contribution in [2.24, 2.45) is 17.8 Å². The molecule has 0 amide bonds. The number of aromatic nitrogens is 2. The number of imidazole rings is 1. The highest BCUT2D eigenvalue weighted by Crippen LogP contribution is 2.45. The van der Waals surface area contributed by atoms with Crippen LogP contribution in [0, 0.1) is 17.8 Å². The Kier molecular flexibility index (Phi) is 3.18. The zero-order valence-electron chi connectivity index (χ0n) is 12.3. The molecule has 6 unspecified atom stereocenters. The van der Waals surface area contributed by atoms with Gasteiger partial charge in [0.15, 0.2) is 0 Å². The van der Waals surface area contributed by atoms with Crippen LogP contribution in [-0.2, 0) is 0 Å². The smallest absolute Gasteiger partial charge is 0.0949 e. The fourth-order valence-corrected chi connectivity index (χ4v) is 4.82. The first-order chi connectivity index (χ1) is 9.81. The lowest BCUT2D eigenvalue weighted by Gasteiger charge is -2.31. The van der Waals surface area contributed by atoms with Gasteiger partial charge >= 0.3 is 0 Å². The molecule has 4 rings (SSSR count). The van der Waals surface area contributed by atoms with Gasteiger partial charge in [-0.15, -0.1) is 0 Å². The summed E-state index contributed by atoms with van der Waals surface area (Å²) in [6.07, 6.45) is 17.7. The minimum Gasteiger partial charge on any atom is -0.333 e. The van der Waals surface area contributed by atoms with Gasteiger partial charge in [-0.3, -0.25) is 0 Å². The molecule has 2 bridgehead atoms. The number of fused-ring (bicyclic) bond motifs is 2. The molecule has 2 saturated carbocycles. The van der Waals surface area contributed by atoms with Gasteiger partial charge in [-0.2, -0.15) is 0 Å². The number of rotatable bonds is 4. The highest BCUT2D eigenvalue weighted by molar-refractivity contribution is 5.12. The topological polar surface area (TPSA) is 29.9 Å². The monoisotopic (exact) mass is 271 g/mol. The van der Waals surface area contributed by atoms with E-state index in [4.69, 9.17) is 0 Å². The Hall–Kier alpha value is -1.09. The van der Waals surface area contributed by atoms with E-state index in [0.717, 1.165) is 17.8 Å². The predicted octanol–water partition coefficient (Wildman–Crippen LogP) is 3.17. The van der Waals surface area contributed by atoms with E-state index in [2.05, 4.69) is 40.1 Å². The molecule has 6 atom stereocenters. The predicted molar refractivity (Wildman–Crippen MR) is 80.3 cm³/mol. The minimum atomic E-state index is 0.606. The highest BCUT2D eigenvalue weighted by Gasteiger charge is 2.40. The maximum atomic E-state index is 4.21. The molecular weight excluding hydrogens is 246 g/mol. The van der Waals surface area contributed by atoms with Gasteiger partial charge in [0.25, 0.3) is 0 Å². The molecule has 108 valence electrons. The molecule has 1 aromatic heterocycles. The van der Waals surface area contributed by atoms with Crippen molar-refractivity contribution in [3.63, 3.8) is 0 Å². The van der Waals surface area contributed by atoms with Crippen molar-refractivity contribution in [2.45, 2.75) is 57.2 Å². The highest BCUT2D eigenvalue weighted by atomic mass is 15.1. The third kappa shape index (κ3) is 2.12. The second-order valence-electron chi connectivity index (χ2n) is 7.01. The van der Waals surface area contributed by atoms with Gasteiger partial charge in [-0.1, -0.05) is 12.2 Å². The summed E-state index contributed by atoms with van der Waals surface area (Å²) in [5, 5.41) is 3.96. The molecule has 1 aromatic rings. The average Bonchev–Trinajstić information content (AvgIpc) is 3.22. The van der Waals surface area contributed by atoms with E-state index in [1.807, 2.05) is 12.5 Å². The van der Waals surface area contributed by atoms with Crippen LogP contribution in [0.4, 0.5) is 0 Å². The Morgan fingerprint density at radius 1 is 1.25 bits per heavy atom. The maximum Gasteiger partial charge on any atom is 0.0949 e. The van der Waals surface area contributed by atoms with Crippen LogP contribution in [0.1, 0.15) is 45.1 Å². The molecule has 0 spiro atoms. The second-order valence-corrected chi connectivity index (χ2v) is 7.01. The average molecular weight is 271 g/mol. The first kappa shape index (κ1) is 12.6. The Bertz CT molecular complexity index is 478. The van der Waals surface area contributed by atoms with Crippen molar-refractivity contribution in [1.29, 1.82) is 0 Å². The quantitative estimate of drug-likeness (QED) is 0.853. The van der Waals surface area contributed by atoms with Crippen LogP contribution in [0.5, 0.6) is 0 Å². The SMILES string of the molecule is CC(NC1CCCC1n1ccnc1)C1CC2C=CC1C2. The normalized spacial score (nSPS) is 40.5. The van der Waals surface area contributed by atoms with Crippen molar-refractivity contribution in [3.05, 3.63) is 30.9 Å². The third-order valence-electron chi connectivity index (χ3n) is 5.84. The van der Waals surface area contributed by atoms with Crippen molar-refractivity contribution in [2.75, 3.05) is 0 Å². The van der Waals surface area contributed by atoms with Crippen molar-refractivity contribution in [3.8, 4) is 0 Å². The van der Waals surface area contributed by atoms with Gasteiger partial charge in [0.1, 0.15) is 0 Å². The van der Waals surface area contributed by atoms with Crippen LogP contribution in [0.2, 0.25) is 0 Å². The summed E-state index contributed by atoms with van der Waals surface area (Å²) in [4.78, 5) is 4.21. The maximum absolute atomic E-state index is 4.21. The molecule has 20 heavy (non-hydrogen) atoms. The van der Waals surface area contributed by atoms with Crippen LogP contribution >= 0.6 is 0 Å². The Balaban J connectivity index is 1.42. The number of nitrogens with one attached hydrogen (secondary N) is 1. The lowest BCUT2D eigenvalue weighted by molar-refractivity contribution is 0.273. The van der Waals surface area contributed by atoms with Crippen molar-refractivity contribution < 1.29 is 0 Å². The van der Waals surface area contributed by atoms with E-state index in [1.54, 1.807) is 0 Å². The van der Waals surface area contributed by atoms with Crippen molar-refractivity contribution >= 4 is 0 Å². The molecule has 2 fully saturated rings. The first-order valence-corrected chi connectivity index (χ1v) is 8.23. The summed E-state index contributed by atoms with van der Waals surface area (Å²) in [7, 11) is 0. The second kappa shape index (κ2) is 5.03. The fourth-order valence-electron chi connectivity index (χ4n) is 4.82. The van der Waals surface area contributed by atoms with E-state index in [0.29, 0.717) is 18.1 Å². The van der Waals surface area contributed by atoms with Crippen LogP contribution in [-0.4, -0.2) is 21.6 Å². The minimum absolute atomic E-state index is 0.606. The van der Waals surface area contributed by atoms with Gasteiger partial charge in [-0.05, 0) is 56.8 Å². The molecule has 0 saturated heterocycles. The Morgan fingerprint density at radius 2 is 2.20 bits per heavy atom. The van der Waals surface area contributed by atoms with Gasteiger partial charge in [0, 0.05) is 30.5 Å². The number of nitrogens with zero attached hydrogens (tertiary/aromatic N) is 2. The molecule has 0 aromatic carbocycles. The zero-order valence-corrected chi connectivity index (χ0v) is 12.3. The molecule has 3 aliphatic rings. The molecule has 3 heteroatoms. The third-order valence-corrected chi connectivity index (χ3v) is 5.84. The standard InChI is InChI=1S/C17H25N3/c1-12(15-10-13-5-6-14(15)9-13)19-16-3-2-4-17(16)20-8-7-18-11-20/h5-8,11-17,19H,2-4,9-10H2,1H3. The molecular formula is C17H25N3. The fraction of sp³-hybridized carbons (Fsp3) is 0.706. The summed E-state index contributed by atoms with van der Waals surface area (Å²) in [5.74, 6) is 2.58. The van der Waals surface area contributed by atoms with Crippen LogP contribution < -0.4 is 5.32 Å². The number of hydrogen-bond acceptors (Lipinski definition) is 2. The summed E-state index contributed by atoms with van der Waals surface area (Å²) < 4.78 is 2.30. The Morgan fingerprint density at radius 3 is 2.90 bits per heavy atom. The van der Waals surface area contributed by atoms with Gasteiger partial charge in [0.05, 0.1) is 6.33 Å². The van der Waals surface area contributed by atoms with Gasteiger partial charge < -0.3 is 9.88 Å². The van der Waals surface area contributed by atoms with Crippen LogP contribution in [0.25, 0.3) is 0 Å². The number of allylic oxidation sites excluding steroid dienone is 2. The summed E-state index contributed by atoms with van der Waals surface area (Å²) in [5.41, 5.74) is 0. The molecule has 1 N–H and O–H groups in total. The molecule has 3 aliphatic carbocycles. The molecule has 1 heterocycles. The lowest BCUT2D eigenvalue weighted by atomic mass is 9.87. The van der Waals surface area contributed by atoms with Crippen LogP contribution in [0.15, 0.2) is 30.9 Å². The molecule has 0 radical (unpaired) electrons. The largest absolute Gasteiger partial charge is 0.333 e. The lowest BCUT2D eigenvalue weighted by Crippen LogP contribution is -2.44. The van der Waals surface area contributed by atoms with E-state index < -0.39 is 0 Å². The zero-order chi connectivity index (χ0) is 13.5. The summed E-state index contributed by atoms with van der Waals surface area (Å²) in [6.45, 7) is 2.41. The number of hydrogen-bond donors (Lipinski definition) is 1. The van der Waals surface area contributed by atoms with E-state index in [1.165, 1.54) is 32.1 Å². The molecule has 0 aliphatic heterocycles. The van der Waals surface area contributed by atoms with E-state index in [9.17, 15) is 0 Å².